The fourth-order valence-electron chi connectivity index (χ4n) is 3.05. The Kier molecular flexibility index (Phi) is 5.22. The second-order valence-corrected chi connectivity index (χ2v) is 7.32. The van der Waals surface area contributed by atoms with Crippen LogP contribution in [0.25, 0.3) is 0 Å². The van der Waals surface area contributed by atoms with Crippen LogP contribution in [0.3, 0.4) is 0 Å². The van der Waals surface area contributed by atoms with Crippen molar-refractivity contribution in [3.05, 3.63) is 59.2 Å². The zero-order valence-corrected chi connectivity index (χ0v) is 14.2. The van der Waals surface area contributed by atoms with E-state index in [2.05, 4.69) is 76.2 Å². The summed E-state index contributed by atoms with van der Waals surface area (Å²) >= 11 is 0. The Morgan fingerprint density at radius 2 is 1.91 bits per heavy atom. The van der Waals surface area contributed by atoms with E-state index in [1.165, 1.54) is 11.1 Å². The van der Waals surface area contributed by atoms with Crippen molar-refractivity contribution in [3.8, 4) is 0 Å². The van der Waals surface area contributed by atoms with Crippen LogP contribution in [0.5, 0.6) is 0 Å². The van der Waals surface area contributed by atoms with E-state index >= 15 is 0 Å². The molecule has 1 aromatic rings. The smallest absolute Gasteiger partial charge is 0.123 e. The van der Waals surface area contributed by atoms with E-state index in [9.17, 15) is 5.26 Å². The lowest BCUT2D eigenvalue weighted by Gasteiger charge is -2.31. The summed E-state index contributed by atoms with van der Waals surface area (Å²) in [6.45, 7) is 7.15. The van der Waals surface area contributed by atoms with Crippen molar-refractivity contribution >= 4 is 0 Å². The monoisotopic (exact) mass is 301 g/mol. The molecule has 2 atom stereocenters. The third-order valence-electron chi connectivity index (χ3n) is 4.02. The van der Waals surface area contributed by atoms with Gasteiger partial charge in [-0.05, 0) is 36.2 Å². The van der Waals surface area contributed by atoms with Crippen molar-refractivity contribution in [2.75, 3.05) is 20.6 Å². The van der Waals surface area contributed by atoms with Gasteiger partial charge in [-0.1, -0.05) is 63.3 Å². The number of rotatable bonds is 5. The molecule has 1 aliphatic rings. The third kappa shape index (κ3) is 3.67. The maximum absolute atomic E-state index is 9.45. The Morgan fingerprint density at radius 3 is 2.50 bits per heavy atom. The van der Waals surface area contributed by atoms with Crippen LogP contribution in [-0.2, 0) is 4.89 Å². The minimum Gasteiger partial charge on any atom is -0.305 e. The normalized spacial score (nSPS) is 19.6. The minimum absolute atomic E-state index is 0.182. The molecule has 22 heavy (non-hydrogen) atoms. The quantitative estimate of drug-likeness (QED) is 0.646. The molecule has 1 aliphatic carbocycles. The van der Waals surface area contributed by atoms with E-state index in [-0.39, 0.29) is 17.4 Å². The molecule has 0 amide bonds. The van der Waals surface area contributed by atoms with Crippen LogP contribution >= 0.6 is 0 Å². The fraction of sp³-hybridized carbons (Fsp3) is 0.474. The Balaban J connectivity index is 2.41. The summed E-state index contributed by atoms with van der Waals surface area (Å²) in [6.07, 6.45) is 6.17. The van der Waals surface area contributed by atoms with Crippen LogP contribution in [0.2, 0.25) is 0 Å². The van der Waals surface area contributed by atoms with Crippen molar-refractivity contribution in [2.45, 2.75) is 32.8 Å². The lowest BCUT2D eigenvalue weighted by molar-refractivity contribution is -0.303. The number of hydrogen-bond donors (Lipinski definition) is 1. The van der Waals surface area contributed by atoms with Crippen molar-refractivity contribution in [1.29, 1.82) is 0 Å². The van der Waals surface area contributed by atoms with Gasteiger partial charge < -0.3 is 4.90 Å². The van der Waals surface area contributed by atoms with Gasteiger partial charge in [0.2, 0.25) is 0 Å². The summed E-state index contributed by atoms with van der Waals surface area (Å²) in [6, 6.07) is 8.25. The predicted octanol–water partition coefficient (Wildman–Crippen LogP) is 4.40. The molecule has 3 heteroatoms. The highest BCUT2D eigenvalue weighted by Gasteiger charge is 2.31. The highest BCUT2D eigenvalue weighted by atomic mass is 17.1. The first-order chi connectivity index (χ1) is 10.3. The molecule has 0 spiro atoms. The number of benzene rings is 1. The summed E-state index contributed by atoms with van der Waals surface area (Å²) in [7, 11) is 4.16. The lowest BCUT2D eigenvalue weighted by atomic mass is 9.79. The molecule has 0 radical (unpaired) electrons. The summed E-state index contributed by atoms with van der Waals surface area (Å²) in [5, 5.41) is 9.45. The Morgan fingerprint density at radius 1 is 1.23 bits per heavy atom. The van der Waals surface area contributed by atoms with E-state index in [0.29, 0.717) is 0 Å². The third-order valence-corrected chi connectivity index (χ3v) is 4.02. The van der Waals surface area contributed by atoms with Gasteiger partial charge >= 0.3 is 0 Å². The second-order valence-electron chi connectivity index (χ2n) is 7.32. The van der Waals surface area contributed by atoms with Crippen molar-refractivity contribution in [1.82, 2.24) is 4.90 Å². The van der Waals surface area contributed by atoms with Gasteiger partial charge in [0.1, 0.15) is 6.10 Å². The maximum atomic E-state index is 9.45. The number of hydrogen-bond acceptors (Lipinski definition) is 3. The molecule has 0 saturated carbocycles. The number of allylic oxidation sites excluding steroid dienone is 3. The van der Waals surface area contributed by atoms with Crippen LogP contribution < -0.4 is 0 Å². The van der Waals surface area contributed by atoms with Crippen LogP contribution in [0.4, 0.5) is 0 Å². The summed E-state index contributed by atoms with van der Waals surface area (Å²) < 4.78 is 0. The molecular formula is C19H27NO2. The van der Waals surface area contributed by atoms with E-state index in [4.69, 9.17) is 4.89 Å². The molecule has 120 valence electrons. The molecule has 1 aromatic carbocycles. The first-order valence-electron chi connectivity index (χ1n) is 7.75. The van der Waals surface area contributed by atoms with E-state index in [1.54, 1.807) is 0 Å². The average molecular weight is 301 g/mol. The Labute approximate surface area is 133 Å². The van der Waals surface area contributed by atoms with Gasteiger partial charge in [0.15, 0.2) is 0 Å². The van der Waals surface area contributed by atoms with Crippen molar-refractivity contribution in [3.63, 3.8) is 0 Å². The fourth-order valence-corrected chi connectivity index (χ4v) is 3.05. The van der Waals surface area contributed by atoms with Crippen LogP contribution in [-0.4, -0.2) is 30.8 Å². The molecule has 3 nitrogen and oxygen atoms in total. The van der Waals surface area contributed by atoms with Crippen LogP contribution in [0, 0.1) is 5.41 Å². The zero-order chi connectivity index (χ0) is 16.3. The van der Waals surface area contributed by atoms with E-state index < -0.39 is 0 Å². The largest absolute Gasteiger partial charge is 0.305 e. The first kappa shape index (κ1) is 16.9. The predicted molar refractivity (Wildman–Crippen MR) is 90.9 cm³/mol. The molecule has 1 N–H and O–H groups in total. The molecule has 0 heterocycles. The van der Waals surface area contributed by atoms with Gasteiger partial charge in [0.05, 0.1) is 0 Å². The zero-order valence-electron chi connectivity index (χ0n) is 14.2. The number of nitrogens with zero attached hydrogens (tertiary/aromatic N) is 1. The van der Waals surface area contributed by atoms with Gasteiger partial charge in [-0.3, -0.25) is 5.26 Å². The van der Waals surface area contributed by atoms with Crippen LogP contribution in [0.15, 0.2) is 48.1 Å². The first-order valence-corrected chi connectivity index (χ1v) is 7.75. The number of likely N-dealkylation sites (N-methyl/N-ethyl adjacent to an activating group) is 1. The minimum atomic E-state index is -0.349. The molecule has 2 unspecified atom stereocenters. The average Bonchev–Trinajstić information content (AvgIpc) is 2.85. The molecule has 0 saturated heterocycles. The molecule has 2 rings (SSSR count). The molecule has 0 bridgehead atoms. The standard InChI is InChI=1S/C19H27NO2/c1-19(2,3)18(22-21)17-11-7-6-10-16(17)15-12-8-9-14(15)13-20(4)5/h6-12,15,18,21H,13H2,1-5H3. The molecule has 0 aromatic heterocycles. The molecule has 0 aliphatic heterocycles. The van der Waals surface area contributed by atoms with Crippen molar-refractivity contribution < 1.29 is 10.1 Å². The van der Waals surface area contributed by atoms with Gasteiger partial charge in [-0.25, -0.2) is 4.89 Å². The van der Waals surface area contributed by atoms with Gasteiger partial charge in [-0.2, -0.15) is 0 Å². The van der Waals surface area contributed by atoms with E-state index in [0.717, 1.165) is 12.1 Å². The summed E-state index contributed by atoms with van der Waals surface area (Å²) in [5.41, 5.74) is 3.44. The summed E-state index contributed by atoms with van der Waals surface area (Å²) in [5.74, 6) is 0.249. The highest BCUT2D eigenvalue weighted by molar-refractivity contribution is 5.46. The van der Waals surface area contributed by atoms with Crippen LogP contribution in [0.1, 0.15) is 43.9 Å². The highest BCUT2D eigenvalue weighted by Crippen LogP contribution is 2.41. The van der Waals surface area contributed by atoms with Gasteiger partial charge in [0.25, 0.3) is 0 Å². The van der Waals surface area contributed by atoms with Gasteiger partial charge in [-0.15, -0.1) is 0 Å². The van der Waals surface area contributed by atoms with Gasteiger partial charge in [0, 0.05) is 12.5 Å². The lowest BCUT2D eigenvalue weighted by Crippen LogP contribution is -2.23. The Bertz CT molecular complexity index is 567. The van der Waals surface area contributed by atoms with E-state index in [1.807, 2.05) is 6.07 Å². The maximum Gasteiger partial charge on any atom is 0.123 e. The molecule has 0 fully saturated rings. The topological polar surface area (TPSA) is 32.7 Å². The Hall–Kier alpha value is -1.42. The SMILES string of the molecule is CN(C)CC1=CC=CC1c1ccccc1C(OO)C(C)(C)C. The van der Waals surface area contributed by atoms with Crippen molar-refractivity contribution in [2.24, 2.45) is 5.41 Å². The second kappa shape index (κ2) is 6.78. The summed E-state index contributed by atoms with van der Waals surface area (Å²) in [4.78, 5) is 7.04. The molecular weight excluding hydrogens is 274 g/mol.